The highest BCUT2D eigenvalue weighted by Gasteiger charge is 2.39. The van der Waals surface area contributed by atoms with Crippen LogP contribution in [-0.4, -0.2) is 47.0 Å². The van der Waals surface area contributed by atoms with Crippen molar-refractivity contribution in [3.05, 3.63) is 57.3 Å². The molecule has 3 heterocycles. The van der Waals surface area contributed by atoms with Crippen molar-refractivity contribution in [3.63, 3.8) is 0 Å². The molecule has 0 saturated carbocycles. The van der Waals surface area contributed by atoms with Gasteiger partial charge in [-0.15, -0.1) is 22.9 Å². The van der Waals surface area contributed by atoms with E-state index in [9.17, 15) is 9.59 Å². The second-order valence-corrected chi connectivity index (χ2v) is 6.43. The normalized spacial score (nSPS) is 30.7. The zero-order valence-electron chi connectivity index (χ0n) is 20.2. The first-order valence-electron chi connectivity index (χ1n) is 11.2. The first-order chi connectivity index (χ1) is 14.6. The molecule has 0 fully saturated rings. The van der Waals surface area contributed by atoms with Crippen molar-refractivity contribution < 1.29 is 20.6 Å². The number of fused-ring (bicyclic) bond motifs is 2. The van der Waals surface area contributed by atoms with E-state index in [1.165, 1.54) is 23.6 Å². The van der Waals surface area contributed by atoms with Gasteiger partial charge in [-0.1, -0.05) is 12.1 Å². The molecule has 1 aromatic heterocycles. The summed E-state index contributed by atoms with van der Waals surface area (Å²) in [5.41, 5.74) is 0.261. The van der Waals surface area contributed by atoms with Gasteiger partial charge in [0.05, 0.1) is 17.2 Å². The molecule has 0 bridgehead atoms. The molecule has 0 spiro atoms. The number of hydrogen-bond acceptors (Lipinski definition) is 4. The van der Waals surface area contributed by atoms with Gasteiger partial charge in [0.25, 0.3) is 11.8 Å². The summed E-state index contributed by atoms with van der Waals surface area (Å²) in [6.45, 7) is -6.80. The number of thiophene rings is 1. The van der Waals surface area contributed by atoms with Crippen LogP contribution >= 0.6 is 22.9 Å². The number of imide groups is 1. The average Bonchev–Trinajstić information content (AvgIpc) is 3.26. The number of hydrogen-bond donors (Lipinski definition) is 0. The minimum Gasteiger partial charge on any atom is -0.292 e. The highest BCUT2D eigenvalue weighted by atomic mass is 35.5. The van der Waals surface area contributed by atoms with E-state index < -0.39 is 49.6 Å². The Morgan fingerprint density at radius 3 is 2.62 bits per heavy atom. The third-order valence-electron chi connectivity index (χ3n) is 4.02. The van der Waals surface area contributed by atoms with Gasteiger partial charge in [0.15, 0.2) is 0 Å². The molecule has 2 aliphatic rings. The molecule has 0 N–H and O–H groups in total. The first-order valence-corrected chi connectivity index (χ1v) is 8.41. The van der Waals surface area contributed by atoms with Gasteiger partial charge >= 0.3 is 0 Å². The Hall–Kier alpha value is -1.69. The zero-order chi connectivity index (χ0) is 23.9. The molecule has 124 valence electrons. The lowest BCUT2D eigenvalue weighted by Crippen LogP contribution is -2.44. The molecule has 24 heavy (non-hydrogen) atoms. The van der Waals surface area contributed by atoms with Crippen molar-refractivity contribution in [2.24, 2.45) is 0 Å². The number of amides is 2. The Labute approximate surface area is 160 Å². The van der Waals surface area contributed by atoms with Gasteiger partial charge < -0.3 is 0 Å². The minimum absolute atomic E-state index is 0.0451. The number of alkyl halides is 1. The lowest BCUT2D eigenvalue weighted by atomic mass is 10.0. The van der Waals surface area contributed by atoms with Crippen LogP contribution in [0.3, 0.4) is 0 Å². The Morgan fingerprint density at radius 2 is 1.96 bits per heavy atom. The second kappa shape index (κ2) is 6.31. The Morgan fingerprint density at radius 1 is 1.25 bits per heavy atom. The molecule has 4 rings (SSSR count). The SMILES string of the molecule is [2H]C([2H])(Cl)C([2H])([2H])N1C(CN2C(=O)c3ccccc3C2=O)c2sccc2C([2H])([2H])C1([2H])[2H]. The number of carbonyl (C=O) groups is 2. The number of aryl methyl sites for hydroxylation is 1. The molecule has 0 saturated heterocycles. The molecule has 6 heteroatoms. The van der Waals surface area contributed by atoms with E-state index in [1.54, 1.807) is 12.1 Å². The van der Waals surface area contributed by atoms with Crippen LogP contribution in [0, 0.1) is 0 Å². The first kappa shape index (κ1) is 9.13. The average molecular weight is 369 g/mol. The summed E-state index contributed by atoms with van der Waals surface area (Å²) in [6.07, 6.45) is -2.73. The summed E-state index contributed by atoms with van der Waals surface area (Å²) in [7, 11) is 0. The molecule has 1 unspecified atom stereocenters. The predicted molar refractivity (Wildman–Crippen MR) is 94.9 cm³/mol. The van der Waals surface area contributed by atoms with Gasteiger partial charge in [-0.2, -0.15) is 0 Å². The van der Waals surface area contributed by atoms with Crippen molar-refractivity contribution in [2.45, 2.75) is 12.4 Å². The fourth-order valence-electron chi connectivity index (χ4n) is 2.89. The van der Waals surface area contributed by atoms with Gasteiger partial charge in [-0.05, 0) is 35.5 Å². The second-order valence-electron chi connectivity index (χ2n) is 5.29. The van der Waals surface area contributed by atoms with Crippen LogP contribution in [-0.2, 0) is 6.37 Å². The minimum atomic E-state index is -3.21. The van der Waals surface area contributed by atoms with E-state index in [-0.39, 0.29) is 21.6 Å². The van der Waals surface area contributed by atoms with E-state index in [1.807, 2.05) is 0 Å². The molecule has 2 aliphatic heterocycles. The Balaban J connectivity index is 1.87. The highest BCUT2D eigenvalue weighted by Crippen LogP contribution is 2.36. The lowest BCUT2D eigenvalue weighted by molar-refractivity contribution is 0.0585. The quantitative estimate of drug-likeness (QED) is 0.614. The van der Waals surface area contributed by atoms with Crippen LogP contribution in [0.4, 0.5) is 0 Å². The largest absolute Gasteiger partial charge is 0.292 e. The maximum absolute atomic E-state index is 12.9. The molecule has 1 aromatic carbocycles. The van der Waals surface area contributed by atoms with Crippen LogP contribution < -0.4 is 0 Å². The van der Waals surface area contributed by atoms with E-state index in [0.29, 0.717) is 4.90 Å². The van der Waals surface area contributed by atoms with Crippen LogP contribution in [0.1, 0.15) is 48.2 Å². The summed E-state index contributed by atoms with van der Waals surface area (Å²) < 4.78 is 65.9. The molecule has 1 atom stereocenters. The van der Waals surface area contributed by atoms with Gasteiger partial charge in [0.1, 0.15) is 0 Å². The Kier molecular flexibility index (Phi) is 2.40. The molecular formula is C18H17ClN2O2S. The molecule has 4 nitrogen and oxygen atoms in total. The van der Waals surface area contributed by atoms with Crippen LogP contribution in [0.2, 0.25) is 0 Å². The summed E-state index contributed by atoms with van der Waals surface area (Å²) in [6, 6.07) is 6.11. The van der Waals surface area contributed by atoms with Crippen LogP contribution in [0.25, 0.3) is 0 Å². The topological polar surface area (TPSA) is 40.6 Å². The summed E-state index contributed by atoms with van der Waals surface area (Å²) >= 11 is 6.68. The number of halogens is 1. The number of rotatable bonds is 4. The maximum atomic E-state index is 12.9. The van der Waals surface area contributed by atoms with Gasteiger partial charge in [-0.3, -0.25) is 19.4 Å². The van der Waals surface area contributed by atoms with Crippen molar-refractivity contribution in [3.8, 4) is 0 Å². The molecular weight excluding hydrogens is 344 g/mol. The summed E-state index contributed by atoms with van der Waals surface area (Å²) in [5.74, 6) is -4.41. The smallest absolute Gasteiger partial charge is 0.261 e. The number of benzene rings is 1. The van der Waals surface area contributed by atoms with E-state index in [0.717, 1.165) is 16.2 Å². The van der Waals surface area contributed by atoms with Crippen LogP contribution in [0.5, 0.6) is 0 Å². The third kappa shape index (κ3) is 2.48. The number of nitrogens with zero attached hydrogens (tertiary/aromatic N) is 2. The van der Waals surface area contributed by atoms with Crippen molar-refractivity contribution >= 4 is 34.8 Å². The lowest BCUT2D eigenvalue weighted by Gasteiger charge is -2.36. The third-order valence-corrected chi connectivity index (χ3v) is 5.12. The zero-order valence-corrected chi connectivity index (χ0v) is 13.8. The fraction of sp³-hybridized carbons (Fsp3) is 0.333. The van der Waals surface area contributed by atoms with E-state index >= 15 is 0 Å². The predicted octanol–water partition coefficient (Wildman–Crippen LogP) is 3.18. The molecule has 0 radical (unpaired) electrons. The number of carbonyl (C=O) groups excluding carboxylic acids is 2. The molecule has 2 aromatic rings. The van der Waals surface area contributed by atoms with Crippen molar-refractivity contribution in [1.29, 1.82) is 0 Å². The van der Waals surface area contributed by atoms with E-state index in [4.69, 9.17) is 22.6 Å². The van der Waals surface area contributed by atoms with Crippen molar-refractivity contribution in [2.75, 3.05) is 25.4 Å². The molecule has 2 amide bonds. The van der Waals surface area contributed by atoms with Gasteiger partial charge in [0, 0.05) is 41.2 Å². The fourth-order valence-corrected chi connectivity index (χ4v) is 3.92. The van der Waals surface area contributed by atoms with Gasteiger partial charge in [-0.25, -0.2) is 0 Å². The highest BCUT2D eigenvalue weighted by molar-refractivity contribution is 7.10. The standard InChI is InChI=1S/C18H17ClN2O2S/c19-7-9-20-8-5-12-6-10-24-16(12)15(20)11-21-17(22)13-3-1-2-4-14(13)18(21)23/h1-4,6,10,15H,5,7-9,11H2/i5D2,7D2,8D2,9D2. The van der Waals surface area contributed by atoms with E-state index in [2.05, 4.69) is 0 Å². The van der Waals surface area contributed by atoms with Crippen LogP contribution in [0.15, 0.2) is 35.7 Å². The van der Waals surface area contributed by atoms with Crippen molar-refractivity contribution in [1.82, 2.24) is 9.80 Å². The van der Waals surface area contributed by atoms with Gasteiger partial charge in [0.2, 0.25) is 0 Å². The Bertz CT molecular complexity index is 1080. The summed E-state index contributed by atoms with van der Waals surface area (Å²) in [4.78, 5) is 27.2. The molecule has 0 aliphatic carbocycles. The summed E-state index contributed by atoms with van der Waals surface area (Å²) in [5, 5.41) is 1.50. The maximum Gasteiger partial charge on any atom is 0.261 e. The monoisotopic (exact) mass is 368 g/mol.